The largest absolute Gasteiger partial charge is 0.497 e. The van der Waals surface area contributed by atoms with Gasteiger partial charge in [0, 0.05) is 37.6 Å². The van der Waals surface area contributed by atoms with E-state index in [1.165, 1.54) is 10.0 Å². The van der Waals surface area contributed by atoms with Gasteiger partial charge in [0.2, 0.25) is 17.6 Å². The summed E-state index contributed by atoms with van der Waals surface area (Å²) in [4.78, 5) is 29.7. The molecule has 1 saturated heterocycles. The van der Waals surface area contributed by atoms with E-state index >= 15 is 0 Å². The Bertz CT molecular complexity index is 1040. The van der Waals surface area contributed by atoms with Gasteiger partial charge in [0.1, 0.15) is 11.5 Å². The van der Waals surface area contributed by atoms with Crippen LogP contribution in [0.3, 0.4) is 0 Å². The maximum Gasteiger partial charge on any atom is 0.294 e. The Hall–Kier alpha value is -3.69. The molecule has 1 aromatic carbocycles. The molecule has 2 aromatic heterocycles. The van der Waals surface area contributed by atoms with E-state index in [-0.39, 0.29) is 30.3 Å². The van der Waals surface area contributed by atoms with Crippen molar-refractivity contribution in [1.82, 2.24) is 25.3 Å². The van der Waals surface area contributed by atoms with Gasteiger partial charge >= 0.3 is 0 Å². The predicted octanol–water partition coefficient (Wildman–Crippen LogP) is 2.26. The number of carbonyl (C=O) groups excluding carboxylic acids is 2. The molecule has 4 rings (SSSR count). The second-order valence-electron chi connectivity index (χ2n) is 6.86. The van der Waals surface area contributed by atoms with Crippen molar-refractivity contribution >= 4 is 11.8 Å². The predicted molar refractivity (Wildman–Crippen MR) is 103 cm³/mol. The van der Waals surface area contributed by atoms with Gasteiger partial charge < -0.3 is 13.8 Å². The lowest BCUT2D eigenvalue weighted by atomic mass is 10.2. The van der Waals surface area contributed by atoms with Gasteiger partial charge in [-0.05, 0) is 37.6 Å². The van der Waals surface area contributed by atoms with E-state index in [4.69, 9.17) is 13.8 Å². The molecule has 1 aliphatic rings. The standard InChI is InChI=1S/C20H21N5O5/c1-13-12-16(22-29-13)20(27)25-11-3-10-24(25)18(26)9-8-17-21-19(23-30-17)14-4-6-15(28-2)7-5-14/h4-7,12H,3,8-11H2,1-2H3. The SMILES string of the molecule is COc1ccc(-c2noc(CCC(=O)N3CCCN3C(=O)c3cc(C)on3)n2)cc1. The molecule has 10 nitrogen and oxygen atoms in total. The Morgan fingerprint density at radius 2 is 1.87 bits per heavy atom. The molecule has 0 aliphatic carbocycles. The van der Waals surface area contributed by atoms with Crippen LogP contribution in [-0.4, -0.2) is 57.3 Å². The number of nitrogens with zero attached hydrogens (tertiary/aromatic N) is 5. The summed E-state index contributed by atoms with van der Waals surface area (Å²) in [5.74, 6) is 1.54. The molecule has 0 N–H and O–H groups in total. The first-order valence-electron chi connectivity index (χ1n) is 9.57. The molecule has 0 unspecified atom stereocenters. The minimum Gasteiger partial charge on any atom is -0.497 e. The van der Waals surface area contributed by atoms with Crippen LogP contribution in [-0.2, 0) is 11.2 Å². The van der Waals surface area contributed by atoms with E-state index < -0.39 is 0 Å². The third-order valence-electron chi connectivity index (χ3n) is 4.77. The molecule has 2 amide bonds. The molecule has 3 heterocycles. The quantitative estimate of drug-likeness (QED) is 0.607. The van der Waals surface area contributed by atoms with E-state index in [0.29, 0.717) is 37.0 Å². The van der Waals surface area contributed by atoms with Crippen molar-refractivity contribution in [2.24, 2.45) is 0 Å². The van der Waals surface area contributed by atoms with Crippen molar-refractivity contribution in [1.29, 1.82) is 0 Å². The highest BCUT2D eigenvalue weighted by molar-refractivity contribution is 5.94. The van der Waals surface area contributed by atoms with Gasteiger partial charge in [0.05, 0.1) is 7.11 Å². The third-order valence-corrected chi connectivity index (χ3v) is 4.77. The molecule has 3 aromatic rings. The van der Waals surface area contributed by atoms with Crippen molar-refractivity contribution in [3.05, 3.63) is 47.7 Å². The number of rotatable bonds is 6. The fraction of sp³-hybridized carbons (Fsp3) is 0.350. The van der Waals surface area contributed by atoms with Crippen LogP contribution in [0.2, 0.25) is 0 Å². The zero-order valence-corrected chi connectivity index (χ0v) is 16.7. The second kappa shape index (κ2) is 8.36. The molecule has 0 bridgehead atoms. The number of carbonyl (C=O) groups is 2. The fourth-order valence-corrected chi connectivity index (χ4v) is 3.24. The second-order valence-corrected chi connectivity index (χ2v) is 6.86. The highest BCUT2D eigenvalue weighted by atomic mass is 16.5. The lowest BCUT2D eigenvalue weighted by Gasteiger charge is -2.26. The van der Waals surface area contributed by atoms with Crippen LogP contribution in [0.1, 0.15) is 35.0 Å². The average molecular weight is 411 g/mol. The number of ether oxygens (including phenoxy) is 1. The molecule has 0 atom stereocenters. The van der Waals surface area contributed by atoms with E-state index in [1.54, 1.807) is 20.1 Å². The average Bonchev–Trinajstić information content (AvgIpc) is 3.52. The third kappa shape index (κ3) is 4.02. The molecule has 0 radical (unpaired) electrons. The maximum absolute atomic E-state index is 12.7. The lowest BCUT2D eigenvalue weighted by Crippen LogP contribution is -2.45. The monoisotopic (exact) mass is 411 g/mol. The number of methoxy groups -OCH3 is 1. The van der Waals surface area contributed by atoms with Gasteiger partial charge in [-0.25, -0.2) is 5.01 Å². The number of hydrazine groups is 1. The van der Waals surface area contributed by atoms with E-state index in [0.717, 1.165) is 11.3 Å². The molecule has 10 heteroatoms. The summed E-state index contributed by atoms with van der Waals surface area (Å²) >= 11 is 0. The number of hydrogen-bond donors (Lipinski definition) is 0. The van der Waals surface area contributed by atoms with Crippen LogP contribution in [0.5, 0.6) is 5.75 Å². The Labute approximate surface area is 172 Å². The van der Waals surface area contributed by atoms with Crippen molar-refractivity contribution in [3.8, 4) is 17.1 Å². The molecule has 156 valence electrons. The van der Waals surface area contributed by atoms with E-state index in [2.05, 4.69) is 15.3 Å². The minimum absolute atomic E-state index is 0.145. The number of aryl methyl sites for hydroxylation is 2. The number of aromatic nitrogens is 3. The molecule has 0 spiro atoms. The van der Waals surface area contributed by atoms with Crippen molar-refractivity contribution in [3.63, 3.8) is 0 Å². The molecular weight excluding hydrogens is 390 g/mol. The van der Waals surface area contributed by atoms with Crippen LogP contribution in [0.25, 0.3) is 11.4 Å². The fourth-order valence-electron chi connectivity index (χ4n) is 3.24. The van der Waals surface area contributed by atoms with E-state index in [1.807, 2.05) is 24.3 Å². The Morgan fingerprint density at radius 3 is 2.57 bits per heavy atom. The van der Waals surface area contributed by atoms with E-state index in [9.17, 15) is 9.59 Å². The smallest absolute Gasteiger partial charge is 0.294 e. The van der Waals surface area contributed by atoms with Gasteiger partial charge in [0.25, 0.3) is 5.91 Å². The molecular formula is C20H21N5O5. The van der Waals surface area contributed by atoms with Gasteiger partial charge in [-0.2, -0.15) is 4.98 Å². The summed E-state index contributed by atoms with van der Waals surface area (Å²) in [7, 11) is 1.60. The molecule has 30 heavy (non-hydrogen) atoms. The Morgan fingerprint density at radius 1 is 1.10 bits per heavy atom. The number of benzene rings is 1. The highest BCUT2D eigenvalue weighted by Crippen LogP contribution is 2.21. The molecule has 1 aliphatic heterocycles. The van der Waals surface area contributed by atoms with Crippen molar-refractivity contribution in [2.45, 2.75) is 26.2 Å². The zero-order chi connectivity index (χ0) is 21.1. The number of hydrogen-bond acceptors (Lipinski definition) is 8. The van der Waals surface area contributed by atoms with Crippen molar-refractivity contribution < 1.29 is 23.4 Å². The topological polar surface area (TPSA) is 115 Å². The van der Waals surface area contributed by atoms with Crippen LogP contribution < -0.4 is 4.74 Å². The lowest BCUT2D eigenvalue weighted by molar-refractivity contribution is -0.140. The molecule has 1 fully saturated rings. The number of amides is 2. The highest BCUT2D eigenvalue weighted by Gasteiger charge is 2.32. The summed E-state index contributed by atoms with van der Waals surface area (Å²) in [6.45, 7) is 2.64. The molecule has 0 saturated carbocycles. The Balaban J connectivity index is 1.37. The zero-order valence-electron chi connectivity index (χ0n) is 16.7. The van der Waals surface area contributed by atoms with Crippen LogP contribution >= 0.6 is 0 Å². The minimum atomic E-state index is -0.350. The van der Waals surface area contributed by atoms with Crippen LogP contribution in [0.15, 0.2) is 39.4 Å². The van der Waals surface area contributed by atoms with Crippen LogP contribution in [0.4, 0.5) is 0 Å². The first-order valence-corrected chi connectivity index (χ1v) is 9.57. The maximum atomic E-state index is 12.7. The van der Waals surface area contributed by atoms with Gasteiger partial charge in [0.15, 0.2) is 5.69 Å². The Kier molecular flexibility index (Phi) is 5.46. The first kappa shape index (κ1) is 19.6. The summed E-state index contributed by atoms with van der Waals surface area (Å²) in [5.41, 5.74) is 0.976. The van der Waals surface area contributed by atoms with Gasteiger partial charge in [-0.15, -0.1) is 0 Å². The normalized spacial score (nSPS) is 13.7. The first-order chi connectivity index (χ1) is 14.5. The summed E-state index contributed by atoms with van der Waals surface area (Å²) in [6.07, 6.45) is 1.13. The summed E-state index contributed by atoms with van der Waals surface area (Å²) < 4.78 is 15.4. The van der Waals surface area contributed by atoms with Crippen molar-refractivity contribution in [2.75, 3.05) is 20.2 Å². The van der Waals surface area contributed by atoms with Gasteiger partial charge in [-0.3, -0.25) is 14.6 Å². The van der Waals surface area contributed by atoms with Gasteiger partial charge in [-0.1, -0.05) is 10.3 Å². The summed E-state index contributed by atoms with van der Waals surface area (Å²) in [6, 6.07) is 8.84. The van der Waals surface area contributed by atoms with Crippen LogP contribution in [0, 0.1) is 6.92 Å². The summed E-state index contributed by atoms with van der Waals surface area (Å²) in [5, 5.41) is 10.6.